The molecular weight excluding hydrogens is 334 g/mol. The van der Waals surface area contributed by atoms with Gasteiger partial charge < -0.3 is 14.8 Å². The Labute approximate surface area is 150 Å². The second-order valence-electron chi connectivity index (χ2n) is 5.57. The molecule has 0 fully saturated rings. The monoisotopic (exact) mass is 353 g/mol. The Morgan fingerprint density at radius 1 is 1.00 bits per heavy atom. The van der Waals surface area contributed by atoms with Crippen LogP contribution in [0.2, 0.25) is 0 Å². The molecule has 1 N–H and O–H groups in total. The second-order valence-corrected chi connectivity index (χ2v) is 5.57. The lowest BCUT2D eigenvalue weighted by atomic mass is 10.1. The molecule has 0 aliphatic heterocycles. The first-order valence-electron chi connectivity index (χ1n) is 8.21. The summed E-state index contributed by atoms with van der Waals surface area (Å²) in [5.41, 5.74) is 2.32. The zero-order valence-corrected chi connectivity index (χ0v) is 14.6. The quantitative estimate of drug-likeness (QED) is 0.700. The van der Waals surface area contributed by atoms with Crippen molar-refractivity contribution in [3.63, 3.8) is 0 Å². The second kappa shape index (κ2) is 8.15. The molecule has 0 saturated carbocycles. The minimum absolute atomic E-state index is 0.140. The maximum atomic E-state index is 12.1. The van der Waals surface area contributed by atoms with E-state index in [0.717, 1.165) is 16.9 Å². The number of carbonyl (C=O) groups excluding carboxylic acids is 1. The number of hydrogen-bond donors (Lipinski definition) is 1. The number of aromatic nitrogens is 2. The Hall–Kier alpha value is -3.35. The number of rotatable bonds is 7. The summed E-state index contributed by atoms with van der Waals surface area (Å²) in [6.45, 7) is 4.35. The van der Waals surface area contributed by atoms with Gasteiger partial charge in [-0.05, 0) is 60.6 Å². The largest absolute Gasteiger partial charge is 0.494 e. The predicted molar refractivity (Wildman–Crippen MR) is 96.2 cm³/mol. The fraction of sp³-hybridized carbons (Fsp3) is 0.211. The van der Waals surface area contributed by atoms with Crippen LogP contribution in [-0.2, 0) is 4.79 Å². The molecule has 1 amide bonds. The van der Waals surface area contributed by atoms with E-state index in [1.807, 2.05) is 62.4 Å². The summed E-state index contributed by atoms with van der Waals surface area (Å²) in [4.78, 5) is 12.1. The standard InChI is InChI=1S/C19H19N3O4/c1-3-24-15-10-6-14(7-11-15)18-19(22-26-21-18)20-17(23)12-25-16-8-4-13(2)5-9-16/h4-11H,3,12H2,1-2H3,(H,20,22,23). The molecule has 0 radical (unpaired) electrons. The van der Waals surface area contributed by atoms with Crippen molar-refractivity contribution in [2.24, 2.45) is 0 Å². The van der Waals surface area contributed by atoms with Gasteiger partial charge in [-0.15, -0.1) is 0 Å². The van der Waals surface area contributed by atoms with Crippen LogP contribution in [0.25, 0.3) is 11.3 Å². The first-order chi connectivity index (χ1) is 12.7. The predicted octanol–water partition coefficient (Wildman–Crippen LogP) is 3.46. The molecule has 0 aliphatic carbocycles. The van der Waals surface area contributed by atoms with Crippen LogP contribution in [0, 0.1) is 6.92 Å². The average Bonchev–Trinajstić information content (AvgIpc) is 3.10. The highest BCUT2D eigenvalue weighted by molar-refractivity contribution is 5.94. The minimum Gasteiger partial charge on any atom is -0.494 e. The van der Waals surface area contributed by atoms with Crippen LogP contribution >= 0.6 is 0 Å². The van der Waals surface area contributed by atoms with Crippen LogP contribution in [0.15, 0.2) is 53.2 Å². The van der Waals surface area contributed by atoms with Crippen LogP contribution < -0.4 is 14.8 Å². The van der Waals surface area contributed by atoms with Gasteiger partial charge in [0.2, 0.25) is 5.82 Å². The Morgan fingerprint density at radius 3 is 2.35 bits per heavy atom. The highest BCUT2D eigenvalue weighted by Crippen LogP contribution is 2.26. The number of carbonyl (C=O) groups is 1. The third kappa shape index (κ3) is 4.38. The van der Waals surface area contributed by atoms with Crippen molar-refractivity contribution in [3.8, 4) is 22.8 Å². The highest BCUT2D eigenvalue weighted by Gasteiger charge is 2.15. The summed E-state index contributed by atoms with van der Waals surface area (Å²) in [5.74, 6) is 1.26. The smallest absolute Gasteiger partial charge is 0.263 e. The van der Waals surface area contributed by atoms with Crippen molar-refractivity contribution in [2.45, 2.75) is 13.8 Å². The molecule has 2 aromatic carbocycles. The number of benzene rings is 2. The van der Waals surface area contributed by atoms with Gasteiger partial charge in [0.25, 0.3) is 5.91 Å². The molecular formula is C19H19N3O4. The molecule has 1 aromatic heterocycles. The Balaban J connectivity index is 1.62. The number of aryl methyl sites for hydroxylation is 1. The number of amides is 1. The number of nitrogens with zero attached hydrogens (tertiary/aromatic N) is 2. The molecule has 1 heterocycles. The van der Waals surface area contributed by atoms with Crippen molar-refractivity contribution in [3.05, 3.63) is 54.1 Å². The molecule has 0 spiro atoms. The van der Waals surface area contributed by atoms with E-state index in [9.17, 15) is 4.79 Å². The first kappa shape index (κ1) is 17.5. The molecule has 0 saturated heterocycles. The molecule has 3 rings (SSSR count). The van der Waals surface area contributed by atoms with Gasteiger partial charge in [0.15, 0.2) is 12.3 Å². The van der Waals surface area contributed by atoms with E-state index >= 15 is 0 Å². The maximum Gasteiger partial charge on any atom is 0.263 e. The van der Waals surface area contributed by atoms with Gasteiger partial charge in [0.1, 0.15) is 11.5 Å². The molecule has 0 atom stereocenters. The summed E-state index contributed by atoms with van der Waals surface area (Å²) < 4.78 is 15.6. The van der Waals surface area contributed by atoms with Gasteiger partial charge in [0, 0.05) is 5.56 Å². The van der Waals surface area contributed by atoms with E-state index in [4.69, 9.17) is 14.1 Å². The average molecular weight is 353 g/mol. The molecule has 7 nitrogen and oxygen atoms in total. The number of hydrogen-bond acceptors (Lipinski definition) is 6. The summed E-state index contributed by atoms with van der Waals surface area (Å²) in [6, 6.07) is 14.7. The molecule has 7 heteroatoms. The molecule has 0 aliphatic rings. The summed E-state index contributed by atoms with van der Waals surface area (Å²) in [7, 11) is 0. The third-order valence-corrected chi connectivity index (χ3v) is 3.58. The van der Waals surface area contributed by atoms with Gasteiger partial charge in [0.05, 0.1) is 6.61 Å². The van der Waals surface area contributed by atoms with E-state index in [0.29, 0.717) is 18.1 Å². The molecule has 0 unspecified atom stereocenters. The van der Waals surface area contributed by atoms with Crippen molar-refractivity contribution < 1.29 is 18.9 Å². The molecule has 26 heavy (non-hydrogen) atoms. The zero-order chi connectivity index (χ0) is 18.4. The van der Waals surface area contributed by atoms with E-state index in [-0.39, 0.29) is 18.3 Å². The summed E-state index contributed by atoms with van der Waals surface area (Å²) in [5, 5.41) is 10.3. The minimum atomic E-state index is -0.353. The van der Waals surface area contributed by atoms with Gasteiger partial charge >= 0.3 is 0 Å². The SMILES string of the molecule is CCOc1ccc(-c2nonc2NC(=O)COc2ccc(C)cc2)cc1. The zero-order valence-electron chi connectivity index (χ0n) is 14.6. The normalized spacial score (nSPS) is 10.4. The third-order valence-electron chi connectivity index (χ3n) is 3.58. The van der Waals surface area contributed by atoms with Gasteiger partial charge in [-0.3, -0.25) is 4.79 Å². The van der Waals surface area contributed by atoms with Crippen LogP contribution in [-0.4, -0.2) is 29.4 Å². The lowest BCUT2D eigenvalue weighted by Crippen LogP contribution is -2.20. The van der Waals surface area contributed by atoms with Gasteiger partial charge in [-0.2, -0.15) is 0 Å². The van der Waals surface area contributed by atoms with Crippen molar-refractivity contribution in [1.82, 2.24) is 10.3 Å². The molecule has 134 valence electrons. The van der Waals surface area contributed by atoms with Crippen molar-refractivity contribution >= 4 is 11.7 Å². The van der Waals surface area contributed by atoms with Gasteiger partial charge in [-0.25, -0.2) is 4.63 Å². The number of nitrogens with one attached hydrogen (secondary N) is 1. The van der Waals surface area contributed by atoms with Gasteiger partial charge in [-0.1, -0.05) is 17.7 Å². The fourth-order valence-electron chi connectivity index (χ4n) is 2.29. The lowest BCUT2D eigenvalue weighted by molar-refractivity contribution is -0.118. The number of ether oxygens (including phenoxy) is 2. The van der Waals surface area contributed by atoms with Crippen LogP contribution in [0.4, 0.5) is 5.82 Å². The van der Waals surface area contributed by atoms with Crippen LogP contribution in [0.5, 0.6) is 11.5 Å². The fourth-order valence-corrected chi connectivity index (χ4v) is 2.29. The molecule has 0 bridgehead atoms. The van der Waals surface area contributed by atoms with E-state index < -0.39 is 0 Å². The summed E-state index contributed by atoms with van der Waals surface area (Å²) >= 11 is 0. The molecule has 3 aromatic rings. The van der Waals surface area contributed by atoms with E-state index in [1.165, 1.54) is 0 Å². The highest BCUT2D eigenvalue weighted by atomic mass is 16.6. The Kier molecular flexibility index (Phi) is 5.48. The maximum absolute atomic E-state index is 12.1. The summed E-state index contributed by atoms with van der Waals surface area (Å²) in [6.07, 6.45) is 0. The Morgan fingerprint density at radius 2 is 1.65 bits per heavy atom. The Bertz CT molecular complexity index is 857. The number of anilines is 1. The lowest BCUT2D eigenvalue weighted by Gasteiger charge is -2.07. The first-order valence-corrected chi connectivity index (χ1v) is 8.21. The van der Waals surface area contributed by atoms with E-state index in [2.05, 4.69) is 15.6 Å². The van der Waals surface area contributed by atoms with E-state index in [1.54, 1.807) is 0 Å². The van der Waals surface area contributed by atoms with Crippen molar-refractivity contribution in [2.75, 3.05) is 18.5 Å². The van der Waals surface area contributed by atoms with Crippen LogP contribution in [0.3, 0.4) is 0 Å². The van der Waals surface area contributed by atoms with Crippen molar-refractivity contribution in [1.29, 1.82) is 0 Å². The van der Waals surface area contributed by atoms with Crippen LogP contribution in [0.1, 0.15) is 12.5 Å². The topological polar surface area (TPSA) is 86.5 Å².